The van der Waals surface area contributed by atoms with E-state index in [1.807, 2.05) is 0 Å². The summed E-state index contributed by atoms with van der Waals surface area (Å²) in [6.07, 6.45) is 2.86. The number of aromatic nitrogens is 2. The molecular weight excluding hydrogens is 307 g/mol. The summed E-state index contributed by atoms with van der Waals surface area (Å²) in [7, 11) is 0. The van der Waals surface area contributed by atoms with Gasteiger partial charge in [-0.3, -0.25) is 0 Å². The lowest BCUT2D eigenvalue weighted by Crippen LogP contribution is -1.95. The van der Waals surface area contributed by atoms with Crippen LogP contribution in [0.3, 0.4) is 0 Å². The summed E-state index contributed by atoms with van der Waals surface area (Å²) in [6.45, 7) is 0. The van der Waals surface area contributed by atoms with Crippen molar-refractivity contribution < 1.29 is 18.3 Å². The van der Waals surface area contributed by atoms with Crippen molar-refractivity contribution in [2.75, 3.05) is 0 Å². The van der Waals surface area contributed by atoms with Gasteiger partial charge in [0.05, 0.1) is 5.75 Å². The van der Waals surface area contributed by atoms with Crippen LogP contribution in [0.2, 0.25) is 0 Å². The van der Waals surface area contributed by atoms with Gasteiger partial charge >= 0.3 is 0 Å². The van der Waals surface area contributed by atoms with E-state index in [2.05, 4.69) is 9.97 Å². The van der Waals surface area contributed by atoms with Gasteiger partial charge in [-0.2, -0.15) is 0 Å². The highest BCUT2D eigenvalue weighted by atomic mass is 32.2. The Morgan fingerprint density at radius 2 is 2.05 bits per heavy atom. The third-order valence-electron chi connectivity index (χ3n) is 3.22. The van der Waals surface area contributed by atoms with Gasteiger partial charge in [0.1, 0.15) is 23.4 Å². The van der Waals surface area contributed by atoms with E-state index >= 15 is 0 Å². The van der Waals surface area contributed by atoms with Crippen molar-refractivity contribution in [2.24, 2.45) is 0 Å². The molecule has 0 aliphatic carbocycles. The first kappa shape index (κ1) is 14.6. The largest absolute Gasteiger partial charge is 0.506 e. The number of hydrogen-bond acceptors (Lipinski definition) is 4. The first-order valence-corrected chi connectivity index (χ1v) is 7.61. The quantitative estimate of drug-likeness (QED) is 0.726. The Kier molecular flexibility index (Phi) is 3.82. The molecule has 0 fully saturated rings. The molecule has 0 bridgehead atoms. The number of aromatic hydroxyl groups is 1. The molecule has 0 spiro atoms. The molecule has 7 heteroatoms. The van der Waals surface area contributed by atoms with Crippen LogP contribution in [0, 0.1) is 5.82 Å². The predicted molar refractivity (Wildman–Crippen MR) is 81.1 cm³/mol. The molecule has 2 aromatic carbocycles. The van der Waals surface area contributed by atoms with Gasteiger partial charge < -0.3 is 9.66 Å². The second-order valence-corrected chi connectivity index (χ2v) is 5.67. The molecule has 0 saturated heterocycles. The molecule has 112 valence electrons. The number of nitrogens with zero attached hydrogens (tertiary/aromatic N) is 2. The van der Waals surface area contributed by atoms with Gasteiger partial charge in [0, 0.05) is 17.1 Å². The summed E-state index contributed by atoms with van der Waals surface area (Å²) in [5.41, 5.74) is 1.59. The zero-order chi connectivity index (χ0) is 15.7. The molecule has 0 saturated carbocycles. The third-order valence-corrected chi connectivity index (χ3v) is 3.80. The van der Waals surface area contributed by atoms with E-state index in [4.69, 9.17) is 4.55 Å². The van der Waals surface area contributed by atoms with E-state index in [-0.39, 0.29) is 17.1 Å². The lowest BCUT2D eigenvalue weighted by atomic mass is 10.0. The number of fused-ring (bicyclic) bond motifs is 1. The molecule has 1 unspecified atom stereocenters. The van der Waals surface area contributed by atoms with E-state index < -0.39 is 16.9 Å². The number of halogens is 1. The van der Waals surface area contributed by atoms with Crippen LogP contribution >= 0.6 is 0 Å². The van der Waals surface area contributed by atoms with Gasteiger partial charge in [0.15, 0.2) is 11.1 Å². The summed E-state index contributed by atoms with van der Waals surface area (Å²) in [4.78, 5) is 7.85. The minimum atomic E-state index is -2.02. The predicted octanol–water partition coefficient (Wildman–Crippen LogP) is 2.86. The Balaban J connectivity index is 2.09. The minimum Gasteiger partial charge on any atom is -0.506 e. The van der Waals surface area contributed by atoms with E-state index in [1.165, 1.54) is 30.7 Å². The van der Waals surface area contributed by atoms with Crippen molar-refractivity contribution in [3.05, 3.63) is 54.2 Å². The van der Waals surface area contributed by atoms with Crippen LogP contribution in [-0.4, -0.2) is 23.8 Å². The summed E-state index contributed by atoms with van der Waals surface area (Å²) >= 11 is -2.02. The second kappa shape index (κ2) is 5.78. The topological polar surface area (TPSA) is 83.3 Å². The fourth-order valence-electron chi connectivity index (χ4n) is 2.27. The van der Waals surface area contributed by atoms with E-state index in [0.29, 0.717) is 22.0 Å². The van der Waals surface area contributed by atoms with Crippen LogP contribution in [0.25, 0.3) is 22.0 Å². The van der Waals surface area contributed by atoms with Crippen LogP contribution in [0.15, 0.2) is 42.9 Å². The Morgan fingerprint density at radius 3 is 2.77 bits per heavy atom. The normalized spacial score (nSPS) is 12.5. The summed E-state index contributed by atoms with van der Waals surface area (Å²) in [6, 6.07) is 7.42. The third kappa shape index (κ3) is 2.81. The highest BCUT2D eigenvalue weighted by molar-refractivity contribution is 7.78. The molecule has 0 aliphatic heterocycles. The maximum absolute atomic E-state index is 14.2. The second-order valence-electron chi connectivity index (χ2n) is 4.74. The van der Waals surface area contributed by atoms with Crippen molar-refractivity contribution in [3.63, 3.8) is 0 Å². The highest BCUT2D eigenvalue weighted by Gasteiger charge is 2.11. The van der Waals surface area contributed by atoms with E-state index in [0.717, 1.165) is 0 Å². The summed E-state index contributed by atoms with van der Waals surface area (Å²) < 4.78 is 33.8. The van der Waals surface area contributed by atoms with Gasteiger partial charge in [0.25, 0.3) is 0 Å². The standard InChI is InChI=1S/C15H11FN2O3S/c16-13-3-9(7-22(20)21)1-2-12(13)10-4-11-6-17-8-18-15(11)14(19)5-10/h1-6,8,19H,7H2,(H,20,21). The fourth-order valence-corrected chi connectivity index (χ4v) is 2.73. The fraction of sp³-hybridized carbons (Fsp3) is 0.0667. The molecule has 1 aromatic heterocycles. The molecule has 0 amide bonds. The maximum atomic E-state index is 14.2. The molecule has 5 nitrogen and oxygen atoms in total. The van der Waals surface area contributed by atoms with Crippen LogP contribution in [0.5, 0.6) is 5.75 Å². The molecule has 2 N–H and O–H groups in total. The molecule has 22 heavy (non-hydrogen) atoms. The lowest BCUT2D eigenvalue weighted by Gasteiger charge is -2.08. The zero-order valence-electron chi connectivity index (χ0n) is 11.2. The van der Waals surface area contributed by atoms with Crippen LogP contribution in [-0.2, 0) is 16.8 Å². The SMILES string of the molecule is O=S(O)Cc1ccc(-c2cc(O)c3ncncc3c2)c(F)c1. The summed E-state index contributed by atoms with van der Waals surface area (Å²) in [5.74, 6) is -0.720. The number of hydrogen-bond donors (Lipinski definition) is 2. The van der Waals surface area contributed by atoms with Gasteiger partial charge in [-0.05, 0) is 29.3 Å². The maximum Gasteiger partial charge on any atom is 0.157 e. The number of phenolic OH excluding ortho intramolecular Hbond substituents is 1. The number of benzene rings is 2. The number of rotatable bonds is 3. The molecular formula is C15H11FN2O3S. The van der Waals surface area contributed by atoms with Crippen molar-refractivity contribution in [1.29, 1.82) is 0 Å². The Labute approximate surface area is 127 Å². The average Bonchev–Trinajstić information content (AvgIpc) is 2.46. The first-order chi connectivity index (χ1) is 10.5. The Morgan fingerprint density at radius 1 is 1.23 bits per heavy atom. The Bertz CT molecular complexity index is 886. The molecule has 3 rings (SSSR count). The van der Waals surface area contributed by atoms with Gasteiger partial charge in [-0.15, -0.1) is 0 Å². The van der Waals surface area contributed by atoms with Gasteiger partial charge in [0.2, 0.25) is 0 Å². The van der Waals surface area contributed by atoms with Crippen molar-refractivity contribution in [1.82, 2.24) is 9.97 Å². The lowest BCUT2D eigenvalue weighted by molar-refractivity contribution is 0.480. The van der Waals surface area contributed by atoms with Crippen molar-refractivity contribution >= 4 is 22.0 Å². The number of phenols is 1. The van der Waals surface area contributed by atoms with Crippen LogP contribution in [0.1, 0.15) is 5.56 Å². The monoisotopic (exact) mass is 318 g/mol. The summed E-state index contributed by atoms with van der Waals surface area (Å²) in [5, 5.41) is 10.6. The molecule has 1 heterocycles. The molecule has 0 radical (unpaired) electrons. The molecule has 3 aromatic rings. The zero-order valence-corrected chi connectivity index (χ0v) is 12.0. The minimum absolute atomic E-state index is 0.0603. The van der Waals surface area contributed by atoms with Gasteiger partial charge in [-0.25, -0.2) is 18.6 Å². The van der Waals surface area contributed by atoms with E-state index in [9.17, 15) is 13.7 Å². The highest BCUT2D eigenvalue weighted by Crippen LogP contribution is 2.31. The smallest absolute Gasteiger partial charge is 0.157 e. The van der Waals surface area contributed by atoms with Gasteiger partial charge in [-0.1, -0.05) is 12.1 Å². The van der Waals surface area contributed by atoms with Crippen LogP contribution < -0.4 is 0 Å². The van der Waals surface area contributed by atoms with E-state index in [1.54, 1.807) is 12.1 Å². The Hall–Kier alpha value is -2.38. The molecule has 1 atom stereocenters. The molecule has 0 aliphatic rings. The first-order valence-electron chi connectivity index (χ1n) is 6.33. The average molecular weight is 318 g/mol. The van der Waals surface area contributed by atoms with Crippen LogP contribution in [0.4, 0.5) is 4.39 Å². The van der Waals surface area contributed by atoms with Crippen molar-refractivity contribution in [2.45, 2.75) is 5.75 Å². The van der Waals surface area contributed by atoms with Crippen molar-refractivity contribution in [3.8, 4) is 16.9 Å².